The summed E-state index contributed by atoms with van der Waals surface area (Å²) in [5.74, 6) is 0.970. The SMILES string of the molecule is O=c1[nH]c2sc(CN3CCCC4CCCCC43)nc2c2c(O)cccc12. The van der Waals surface area contributed by atoms with Crippen molar-refractivity contribution >= 4 is 32.5 Å². The zero-order valence-electron chi connectivity index (χ0n) is 14.7. The molecule has 2 aliphatic rings. The van der Waals surface area contributed by atoms with E-state index in [1.807, 2.05) is 0 Å². The minimum absolute atomic E-state index is 0.126. The molecular weight excluding hydrogens is 346 g/mol. The topological polar surface area (TPSA) is 69.2 Å². The lowest BCUT2D eigenvalue weighted by molar-refractivity contribution is 0.0547. The number of aromatic nitrogens is 2. The summed E-state index contributed by atoms with van der Waals surface area (Å²) in [5, 5.41) is 12.4. The van der Waals surface area contributed by atoms with Crippen LogP contribution in [0.2, 0.25) is 0 Å². The Morgan fingerprint density at radius 3 is 3.00 bits per heavy atom. The number of nitrogens with one attached hydrogen (secondary N) is 1. The fourth-order valence-corrected chi connectivity index (χ4v) is 5.92. The molecule has 2 N–H and O–H groups in total. The molecule has 0 amide bonds. The normalized spacial score (nSPS) is 24.2. The lowest BCUT2D eigenvalue weighted by Gasteiger charge is -2.43. The zero-order valence-corrected chi connectivity index (χ0v) is 15.5. The Bertz CT molecular complexity index is 1020. The number of hydrogen-bond donors (Lipinski definition) is 2. The quantitative estimate of drug-likeness (QED) is 0.716. The Labute approximate surface area is 155 Å². The van der Waals surface area contributed by atoms with E-state index in [0.29, 0.717) is 16.8 Å². The van der Waals surface area contributed by atoms with Gasteiger partial charge in [-0.2, -0.15) is 0 Å². The number of phenols is 1. The first-order chi connectivity index (χ1) is 12.7. The predicted octanol–water partition coefficient (Wildman–Crippen LogP) is 4.00. The Kier molecular flexibility index (Phi) is 3.98. The number of hydrogen-bond acceptors (Lipinski definition) is 5. The molecule has 0 bridgehead atoms. The van der Waals surface area contributed by atoms with Crippen LogP contribution in [0.3, 0.4) is 0 Å². The molecule has 1 saturated carbocycles. The summed E-state index contributed by atoms with van der Waals surface area (Å²) in [7, 11) is 0. The molecule has 1 aromatic carbocycles. The number of phenolic OH excluding ortho intramolecular Hbond substituents is 1. The van der Waals surface area contributed by atoms with Crippen molar-refractivity contribution in [2.75, 3.05) is 6.54 Å². The minimum Gasteiger partial charge on any atom is -0.507 e. The van der Waals surface area contributed by atoms with E-state index >= 15 is 0 Å². The summed E-state index contributed by atoms with van der Waals surface area (Å²) >= 11 is 1.55. The highest BCUT2D eigenvalue weighted by Crippen LogP contribution is 2.37. The summed E-state index contributed by atoms with van der Waals surface area (Å²) in [6.45, 7) is 1.98. The highest BCUT2D eigenvalue weighted by Gasteiger charge is 2.33. The number of benzene rings is 1. The van der Waals surface area contributed by atoms with Gasteiger partial charge in [0.05, 0.1) is 17.3 Å². The summed E-state index contributed by atoms with van der Waals surface area (Å²) < 4.78 is 0. The van der Waals surface area contributed by atoms with Gasteiger partial charge in [0.1, 0.15) is 21.1 Å². The van der Waals surface area contributed by atoms with Gasteiger partial charge in [0.2, 0.25) is 0 Å². The maximum atomic E-state index is 12.3. The lowest BCUT2D eigenvalue weighted by atomic mass is 9.78. The third kappa shape index (κ3) is 2.63. The average Bonchev–Trinajstić information content (AvgIpc) is 3.04. The molecule has 1 aliphatic heterocycles. The van der Waals surface area contributed by atoms with E-state index in [2.05, 4.69) is 9.88 Å². The number of likely N-dealkylation sites (tertiary alicyclic amines) is 1. The third-order valence-electron chi connectivity index (χ3n) is 6.12. The predicted molar refractivity (Wildman–Crippen MR) is 105 cm³/mol. The smallest absolute Gasteiger partial charge is 0.257 e. The number of pyridine rings is 1. The van der Waals surface area contributed by atoms with Gasteiger partial charge in [0.15, 0.2) is 0 Å². The van der Waals surface area contributed by atoms with Crippen LogP contribution in [0.15, 0.2) is 23.0 Å². The van der Waals surface area contributed by atoms with E-state index in [4.69, 9.17) is 4.98 Å². The summed E-state index contributed by atoms with van der Waals surface area (Å²) in [4.78, 5) is 23.5. The van der Waals surface area contributed by atoms with Crippen LogP contribution in [0, 0.1) is 5.92 Å². The highest BCUT2D eigenvalue weighted by atomic mass is 32.1. The van der Waals surface area contributed by atoms with Gasteiger partial charge in [0, 0.05) is 6.04 Å². The van der Waals surface area contributed by atoms with Crippen LogP contribution >= 0.6 is 11.3 Å². The van der Waals surface area contributed by atoms with Crippen molar-refractivity contribution in [1.29, 1.82) is 0 Å². The number of thiazole rings is 1. The second-order valence-electron chi connectivity index (χ2n) is 7.66. The largest absolute Gasteiger partial charge is 0.507 e. The first kappa shape index (κ1) is 16.3. The van der Waals surface area contributed by atoms with Crippen molar-refractivity contribution in [3.05, 3.63) is 33.6 Å². The van der Waals surface area contributed by atoms with Crippen LogP contribution in [-0.4, -0.2) is 32.6 Å². The van der Waals surface area contributed by atoms with E-state index < -0.39 is 0 Å². The fraction of sp³-hybridized carbons (Fsp3) is 0.500. The van der Waals surface area contributed by atoms with Crippen molar-refractivity contribution in [3.63, 3.8) is 0 Å². The van der Waals surface area contributed by atoms with Crippen molar-refractivity contribution in [2.24, 2.45) is 5.92 Å². The standard InChI is InChI=1S/C20H23N3O2S/c24-15-9-3-7-13-17(15)18-20(22-19(13)25)26-16(21-18)11-23-10-4-6-12-5-1-2-8-14(12)23/h3,7,9,12,14,24H,1-2,4-6,8,10-11H2,(H,22,25). The van der Waals surface area contributed by atoms with Crippen LogP contribution in [0.4, 0.5) is 0 Å². The number of H-pyrrole nitrogens is 1. The van der Waals surface area contributed by atoms with Gasteiger partial charge >= 0.3 is 0 Å². The summed E-state index contributed by atoms with van der Waals surface area (Å²) in [5.41, 5.74) is 0.554. The van der Waals surface area contributed by atoms with Gasteiger partial charge in [-0.1, -0.05) is 30.2 Å². The molecule has 26 heavy (non-hydrogen) atoms. The van der Waals surface area contributed by atoms with Crippen LogP contribution in [0.1, 0.15) is 43.5 Å². The molecular formula is C20H23N3O2S. The monoisotopic (exact) mass is 369 g/mol. The molecule has 5 nitrogen and oxygen atoms in total. The van der Waals surface area contributed by atoms with Gasteiger partial charge < -0.3 is 10.1 Å². The van der Waals surface area contributed by atoms with E-state index in [9.17, 15) is 9.90 Å². The highest BCUT2D eigenvalue weighted by molar-refractivity contribution is 7.18. The molecule has 1 aliphatic carbocycles. The Morgan fingerprint density at radius 2 is 2.08 bits per heavy atom. The van der Waals surface area contributed by atoms with E-state index in [-0.39, 0.29) is 11.3 Å². The number of piperidine rings is 1. The van der Waals surface area contributed by atoms with Crippen molar-refractivity contribution < 1.29 is 5.11 Å². The van der Waals surface area contributed by atoms with Crippen molar-refractivity contribution in [2.45, 2.75) is 51.1 Å². The van der Waals surface area contributed by atoms with Gasteiger partial charge in [0.25, 0.3) is 5.56 Å². The van der Waals surface area contributed by atoms with Crippen LogP contribution in [-0.2, 0) is 6.54 Å². The third-order valence-corrected chi connectivity index (χ3v) is 7.07. The molecule has 5 rings (SSSR count). The van der Waals surface area contributed by atoms with E-state index in [1.54, 1.807) is 29.5 Å². The maximum Gasteiger partial charge on any atom is 0.257 e. The van der Waals surface area contributed by atoms with Gasteiger partial charge in [-0.05, 0) is 50.3 Å². The Hall–Kier alpha value is -1.92. The average molecular weight is 369 g/mol. The molecule has 0 radical (unpaired) electrons. The molecule has 2 atom stereocenters. The molecule has 2 fully saturated rings. The van der Waals surface area contributed by atoms with Gasteiger partial charge in [-0.3, -0.25) is 9.69 Å². The molecule has 2 aromatic heterocycles. The molecule has 3 aromatic rings. The first-order valence-electron chi connectivity index (χ1n) is 9.58. The van der Waals surface area contributed by atoms with Crippen LogP contribution < -0.4 is 5.56 Å². The molecule has 6 heteroatoms. The molecule has 2 unspecified atom stereocenters. The first-order valence-corrected chi connectivity index (χ1v) is 10.4. The number of fused-ring (bicyclic) bond motifs is 4. The van der Waals surface area contributed by atoms with Gasteiger partial charge in [-0.15, -0.1) is 0 Å². The number of aromatic hydroxyl groups is 1. The maximum absolute atomic E-state index is 12.3. The second-order valence-corrected chi connectivity index (χ2v) is 8.75. The molecule has 0 spiro atoms. The van der Waals surface area contributed by atoms with Crippen LogP contribution in [0.5, 0.6) is 5.75 Å². The minimum atomic E-state index is -0.163. The Morgan fingerprint density at radius 1 is 1.23 bits per heavy atom. The number of nitrogens with zero attached hydrogens (tertiary/aromatic N) is 2. The summed E-state index contributed by atoms with van der Waals surface area (Å²) in [6, 6.07) is 5.75. The van der Waals surface area contributed by atoms with Crippen molar-refractivity contribution in [3.8, 4) is 5.75 Å². The van der Waals surface area contributed by atoms with Crippen molar-refractivity contribution in [1.82, 2.24) is 14.9 Å². The number of aromatic amines is 1. The fourth-order valence-electron chi connectivity index (χ4n) is 4.93. The number of rotatable bonds is 2. The van der Waals surface area contributed by atoms with E-state index in [0.717, 1.165) is 34.4 Å². The molecule has 3 heterocycles. The molecule has 1 saturated heterocycles. The molecule has 136 valence electrons. The van der Waals surface area contributed by atoms with E-state index in [1.165, 1.54) is 38.5 Å². The lowest BCUT2D eigenvalue weighted by Crippen LogP contribution is -2.46. The van der Waals surface area contributed by atoms with Crippen LogP contribution in [0.25, 0.3) is 21.1 Å². The Balaban J connectivity index is 1.54. The second kappa shape index (κ2) is 6.35. The zero-order chi connectivity index (χ0) is 17.7. The van der Waals surface area contributed by atoms with Gasteiger partial charge in [-0.25, -0.2) is 4.98 Å². The summed E-state index contributed by atoms with van der Waals surface area (Å²) in [6.07, 6.45) is 8.02.